The Morgan fingerprint density at radius 2 is 2.28 bits per heavy atom. The van der Waals surface area contributed by atoms with Crippen molar-refractivity contribution < 1.29 is 5.11 Å². The van der Waals surface area contributed by atoms with Crippen LogP contribution in [0.15, 0.2) is 17.5 Å². The first-order chi connectivity index (χ1) is 8.61. The first kappa shape index (κ1) is 13.6. The number of aliphatic hydroxyl groups is 1. The molecule has 98 valence electrons. The van der Waals surface area contributed by atoms with Crippen LogP contribution in [0.3, 0.4) is 0 Å². The summed E-state index contributed by atoms with van der Waals surface area (Å²) in [6.45, 7) is 4.69. The average Bonchev–Trinajstić information content (AvgIpc) is 2.92. The number of rotatable bonds is 5. The lowest BCUT2D eigenvalue weighted by Gasteiger charge is -2.11. The zero-order valence-corrected chi connectivity index (χ0v) is 12.1. The van der Waals surface area contributed by atoms with Crippen molar-refractivity contribution in [3.63, 3.8) is 0 Å². The van der Waals surface area contributed by atoms with Gasteiger partial charge in [0, 0.05) is 24.3 Å². The van der Waals surface area contributed by atoms with Gasteiger partial charge in [0.1, 0.15) is 0 Å². The molecule has 0 aliphatic carbocycles. The number of nitrogens with zero attached hydrogens (tertiary/aromatic N) is 2. The van der Waals surface area contributed by atoms with Crippen LogP contribution in [0.25, 0.3) is 0 Å². The van der Waals surface area contributed by atoms with Crippen molar-refractivity contribution in [2.45, 2.75) is 39.3 Å². The van der Waals surface area contributed by atoms with Crippen molar-refractivity contribution >= 4 is 22.9 Å². The summed E-state index contributed by atoms with van der Waals surface area (Å²) in [5, 5.41) is 17.2. The lowest BCUT2D eigenvalue weighted by atomic mass is 10.1. The standard InChI is InChI=1S/C13H17ClN2OS/c1-3-16-12(13(14)9(2)15-16)8-10(17)7-11-5-4-6-18-11/h4-6,10,17H,3,7-8H2,1-2H3. The van der Waals surface area contributed by atoms with Gasteiger partial charge in [-0.15, -0.1) is 11.3 Å². The van der Waals surface area contributed by atoms with Gasteiger partial charge in [0.05, 0.1) is 22.5 Å². The molecule has 2 heterocycles. The quantitative estimate of drug-likeness (QED) is 0.916. The second-order valence-electron chi connectivity index (χ2n) is 4.30. The van der Waals surface area contributed by atoms with E-state index in [1.807, 2.05) is 36.0 Å². The van der Waals surface area contributed by atoms with Crippen molar-refractivity contribution in [3.8, 4) is 0 Å². The highest BCUT2D eigenvalue weighted by Gasteiger charge is 2.16. The van der Waals surface area contributed by atoms with Crippen LogP contribution < -0.4 is 0 Å². The fourth-order valence-electron chi connectivity index (χ4n) is 2.02. The van der Waals surface area contributed by atoms with Gasteiger partial charge in [-0.3, -0.25) is 4.68 Å². The molecule has 1 unspecified atom stereocenters. The molecule has 0 saturated heterocycles. The van der Waals surface area contributed by atoms with Crippen LogP contribution in [-0.4, -0.2) is 21.0 Å². The maximum atomic E-state index is 10.1. The molecule has 2 rings (SSSR count). The fraction of sp³-hybridized carbons (Fsp3) is 0.462. The van der Waals surface area contributed by atoms with E-state index in [9.17, 15) is 5.11 Å². The molecule has 0 spiro atoms. The Hall–Kier alpha value is -0.840. The van der Waals surface area contributed by atoms with Crippen LogP contribution in [0.1, 0.15) is 23.2 Å². The average molecular weight is 285 g/mol. The second kappa shape index (κ2) is 5.87. The molecule has 0 radical (unpaired) electrons. The molecule has 0 saturated carbocycles. The molecular weight excluding hydrogens is 268 g/mol. The molecule has 1 atom stereocenters. The summed E-state index contributed by atoms with van der Waals surface area (Å²) >= 11 is 7.89. The third-order valence-electron chi connectivity index (χ3n) is 2.90. The van der Waals surface area contributed by atoms with Crippen LogP contribution >= 0.6 is 22.9 Å². The van der Waals surface area contributed by atoms with Crippen molar-refractivity contribution in [2.24, 2.45) is 0 Å². The van der Waals surface area contributed by atoms with Crippen molar-refractivity contribution in [1.82, 2.24) is 9.78 Å². The predicted molar refractivity (Wildman–Crippen MR) is 75.4 cm³/mol. The first-order valence-electron chi connectivity index (χ1n) is 6.04. The van der Waals surface area contributed by atoms with E-state index in [4.69, 9.17) is 11.6 Å². The summed E-state index contributed by atoms with van der Waals surface area (Å²) in [6.07, 6.45) is 0.801. The Balaban J connectivity index is 2.09. The van der Waals surface area contributed by atoms with Gasteiger partial charge in [0.25, 0.3) is 0 Å². The van der Waals surface area contributed by atoms with E-state index in [0.717, 1.165) is 17.9 Å². The summed E-state index contributed by atoms with van der Waals surface area (Å²) in [4.78, 5) is 1.19. The number of aryl methyl sites for hydroxylation is 2. The maximum absolute atomic E-state index is 10.1. The predicted octanol–water partition coefficient (Wildman–Crippen LogP) is 3.07. The maximum Gasteiger partial charge on any atom is 0.0848 e. The molecule has 18 heavy (non-hydrogen) atoms. The van der Waals surface area contributed by atoms with Gasteiger partial charge in [0.2, 0.25) is 0 Å². The van der Waals surface area contributed by atoms with Crippen LogP contribution in [0, 0.1) is 6.92 Å². The minimum absolute atomic E-state index is 0.414. The zero-order valence-electron chi connectivity index (χ0n) is 10.6. The molecule has 5 heteroatoms. The molecule has 0 amide bonds. The van der Waals surface area contributed by atoms with Crippen molar-refractivity contribution in [2.75, 3.05) is 0 Å². The number of halogens is 1. The molecule has 0 aliphatic heterocycles. The molecule has 2 aromatic rings. The molecular formula is C13H17ClN2OS. The summed E-state index contributed by atoms with van der Waals surface area (Å²) in [6, 6.07) is 4.04. The second-order valence-corrected chi connectivity index (χ2v) is 5.71. The normalized spacial score (nSPS) is 12.9. The van der Waals surface area contributed by atoms with Gasteiger partial charge >= 0.3 is 0 Å². The van der Waals surface area contributed by atoms with Crippen LogP contribution in [0.4, 0.5) is 0 Å². The minimum Gasteiger partial charge on any atom is -0.392 e. The van der Waals surface area contributed by atoms with Gasteiger partial charge in [-0.25, -0.2) is 0 Å². The van der Waals surface area contributed by atoms with E-state index in [0.29, 0.717) is 17.9 Å². The summed E-state index contributed by atoms with van der Waals surface area (Å²) in [5.41, 5.74) is 1.76. The smallest absolute Gasteiger partial charge is 0.0848 e. The van der Waals surface area contributed by atoms with E-state index < -0.39 is 6.10 Å². The van der Waals surface area contributed by atoms with Crippen molar-refractivity contribution in [1.29, 1.82) is 0 Å². The Morgan fingerprint density at radius 1 is 1.50 bits per heavy atom. The van der Waals surface area contributed by atoms with Crippen LogP contribution in [-0.2, 0) is 19.4 Å². The Labute approximate surface area is 116 Å². The molecule has 2 aromatic heterocycles. The van der Waals surface area contributed by atoms with Crippen LogP contribution in [0.5, 0.6) is 0 Å². The number of hydrogen-bond acceptors (Lipinski definition) is 3. The van der Waals surface area contributed by atoms with Gasteiger partial charge in [-0.05, 0) is 25.3 Å². The molecule has 0 aliphatic rings. The van der Waals surface area contributed by atoms with E-state index in [2.05, 4.69) is 5.10 Å². The number of hydrogen-bond donors (Lipinski definition) is 1. The summed E-state index contributed by atoms with van der Waals surface area (Å²) in [7, 11) is 0. The van der Waals surface area contributed by atoms with E-state index in [1.165, 1.54) is 4.88 Å². The van der Waals surface area contributed by atoms with E-state index >= 15 is 0 Å². The lowest BCUT2D eigenvalue weighted by Crippen LogP contribution is -2.16. The highest BCUT2D eigenvalue weighted by Crippen LogP contribution is 2.23. The topological polar surface area (TPSA) is 38.0 Å². The van der Waals surface area contributed by atoms with Gasteiger partial charge in [-0.2, -0.15) is 5.10 Å². The highest BCUT2D eigenvalue weighted by molar-refractivity contribution is 7.09. The third-order valence-corrected chi connectivity index (χ3v) is 4.29. The first-order valence-corrected chi connectivity index (χ1v) is 7.29. The van der Waals surface area contributed by atoms with Gasteiger partial charge in [0.15, 0.2) is 0 Å². The molecule has 0 bridgehead atoms. The van der Waals surface area contributed by atoms with E-state index in [-0.39, 0.29) is 0 Å². The van der Waals surface area contributed by atoms with Gasteiger partial charge in [-0.1, -0.05) is 17.7 Å². The van der Waals surface area contributed by atoms with E-state index in [1.54, 1.807) is 11.3 Å². The Kier molecular flexibility index (Phi) is 4.43. The highest BCUT2D eigenvalue weighted by atomic mass is 35.5. The van der Waals surface area contributed by atoms with Gasteiger partial charge < -0.3 is 5.11 Å². The number of aliphatic hydroxyl groups excluding tert-OH is 1. The zero-order chi connectivity index (χ0) is 13.1. The fourth-order valence-corrected chi connectivity index (χ4v) is 3.01. The monoisotopic (exact) mass is 284 g/mol. The minimum atomic E-state index is -0.414. The Bertz CT molecular complexity index is 507. The molecule has 0 fully saturated rings. The van der Waals surface area contributed by atoms with Crippen molar-refractivity contribution in [3.05, 3.63) is 38.8 Å². The molecule has 0 aromatic carbocycles. The third kappa shape index (κ3) is 2.94. The number of thiophene rings is 1. The largest absolute Gasteiger partial charge is 0.392 e. The van der Waals surface area contributed by atoms with Crippen LogP contribution in [0.2, 0.25) is 5.02 Å². The lowest BCUT2D eigenvalue weighted by molar-refractivity contribution is 0.173. The number of aromatic nitrogens is 2. The SMILES string of the molecule is CCn1nc(C)c(Cl)c1CC(O)Cc1cccs1. The Morgan fingerprint density at radius 3 is 2.89 bits per heavy atom. The summed E-state index contributed by atoms with van der Waals surface area (Å²) in [5.74, 6) is 0. The molecule has 3 nitrogen and oxygen atoms in total. The summed E-state index contributed by atoms with van der Waals surface area (Å²) < 4.78 is 1.87. The molecule has 1 N–H and O–H groups in total.